The molecule has 45 heavy (non-hydrogen) atoms. The van der Waals surface area contributed by atoms with Gasteiger partial charge in [-0.05, 0) is 44.4 Å². The summed E-state index contributed by atoms with van der Waals surface area (Å²) in [6.45, 7) is 11.4. The Morgan fingerprint density at radius 3 is 1.82 bits per heavy atom. The topological polar surface area (TPSA) is 0 Å². The van der Waals surface area contributed by atoms with Gasteiger partial charge in [-0.3, -0.25) is 0 Å². The molecule has 0 N–H and O–H groups in total. The first-order valence-corrected chi connectivity index (χ1v) is 19.7. The molecule has 0 saturated carbocycles. The number of rotatable bonds is 3. The molecule has 2 aliphatic heterocycles. The molecule has 3 aliphatic rings. The van der Waals surface area contributed by atoms with Crippen LogP contribution >= 0.6 is 11.3 Å². The molecule has 3 heterocycles. The van der Waals surface area contributed by atoms with E-state index >= 15 is 0 Å². The van der Waals surface area contributed by atoms with Crippen LogP contribution in [-0.4, -0.2) is 8.07 Å². The second-order valence-corrected chi connectivity index (χ2v) is 19.2. The Morgan fingerprint density at radius 2 is 1.27 bits per heavy atom. The number of fused-ring (bicyclic) bond motifs is 6. The van der Waals surface area contributed by atoms with E-state index in [4.69, 9.17) is 0 Å². The maximum Gasteiger partial charge on any atom is -1.00 e. The summed E-state index contributed by atoms with van der Waals surface area (Å²) in [7, 11) is -1.82. The zero-order valence-corrected chi connectivity index (χ0v) is 32.2. The average molecular weight is 740 g/mol. The molecular formula is C40H37Cl2SSiZr. The predicted octanol–water partition coefficient (Wildman–Crippen LogP) is 3.64. The summed E-state index contributed by atoms with van der Waals surface area (Å²) >= 11 is 3.44. The van der Waals surface area contributed by atoms with Crippen LogP contribution < -0.4 is 35.2 Å². The van der Waals surface area contributed by atoms with Gasteiger partial charge in [0.05, 0.1) is 0 Å². The van der Waals surface area contributed by atoms with Crippen molar-refractivity contribution < 1.29 is 49.5 Å². The number of hydrogen-bond donors (Lipinski definition) is 0. The van der Waals surface area contributed by atoms with Gasteiger partial charge < -0.3 is 24.8 Å². The molecule has 0 radical (unpaired) electrons. The van der Waals surface area contributed by atoms with Crippen molar-refractivity contribution in [3.05, 3.63) is 153 Å². The molecule has 0 amide bonds. The maximum atomic E-state index is 2.39. The van der Waals surface area contributed by atoms with Crippen LogP contribution in [0.25, 0.3) is 22.4 Å². The van der Waals surface area contributed by atoms with Crippen LogP contribution in [0.15, 0.2) is 125 Å². The normalized spacial score (nSPS) is 18.3. The predicted molar refractivity (Wildman–Crippen MR) is 185 cm³/mol. The monoisotopic (exact) mass is 737 g/mol. The zero-order chi connectivity index (χ0) is 29.9. The molecule has 5 heteroatoms. The van der Waals surface area contributed by atoms with E-state index in [1.165, 1.54) is 33.4 Å². The van der Waals surface area contributed by atoms with E-state index in [0.717, 1.165) is 0 Å². The van der Waals surface area contributed by atoms with E-state index in [2.05, 4.69) is 155 Å². The Bertz CT molecular complexity index is 1840. The maximum absolute atomic E-state index is 2.39. The van der Waals surface area contributed by atoms with Crippen molar-refractivity contribution in [1.29, 1.82) is 0 Å². The van der Waals surface area contributed by atoms with Crippen molar-refractivity contribution in [3.8, 4) is 11.1 Å². The first-order valence-electron chi connectivity index (χ1n) is 15.2. The first-order chi connectivity index (χ1) is 20.7. The Hall–Kier alpha value is -2.26. The standard InChI is InChI=1S/C20H16SSi.C20H21.2ClH.Zr/c1-14-19-17-12-21-13-18(17)20(14)22(19,15-8-4-2-5-9-15)16-10-6-3-7-11-16;1-14-12-16-6-5-7-18(19(16)13-14)15-8-10-17(11-9-15)20(2,3)4;;;/h2-13,19H,1H3;5-13H,1-4H3;2*1H;/q;;;;+2/p-2. The number of allylic oxidation sites excluding steroid dienone is 2. The molecule has 0 spiro atoms. The zero-order valence-electron chi connectivity index (χ0n) is 26.4. The van der Waals surface area contributed by atoms with Crippen LogP contribution in [0.2, 0.25) is 0 Å². The average Bonchev–Trinajstić information content (AvgIpc) is 3.74. The van der Waals surface area contributed by atoms with Crippen molar-refractivity contribution in [2.45, 2.75) is 49.2 Å². The van der Waals surface area contributed by atoms with Crippen LogP contribution in [0.5, 0.6) is 0 Å². The van der Waals surface area contributed by atoms with E-state index in [-0.39, 0.29) is 30.2 Å². The van der Waals surface area contributed by atoms with E-state index in [0.29, 0.717) is 9.17 Å². The molecule has 2 bridgehead atoms. The van der Waals surface area contributed by atoms with Gasteiger partial charge in [-0.15, -0.1) is 0 Å². The van der Waals surface area contributed by atoms with Crippen LogP contribution in [0.3, 0.4) is 0 Å². The number of halogens is 2. The third kappa shape index (κ3) is 5.47. The molecule has 5 aromatic rings. The summed E-state index contributed by atoms with van der Waals surface area (Å²) in [5.41, 5.74) is 14.2. The third-order valence-electron chi connectivity index (χ3n) is 9.73. The molecule has 1 aliphatic carbocycles. The van der Waals surface area contributed by atoms with Gasteiger partial charge in [0, 0.05) is 5.54 Å². The number of thiophene rings is 1. The first kappa shape index (κ1) is 34.1. The minimum Gasteiger partial charge on any atom is -1.00 e. The quantitative estimate of drug-likeness (QED) is 0.248. The van der Waals surface area contributed by atoms with Gasteiger partial charge in [-0.2, -0.15) is 11.3 Å². The molecule has 4 aromatic carbocycles. The number of benzene rings is 4. The van der Waals surface area contributed by atoms with Crippen LogP contribution in [0.1, 0.15) is 71.6 Å². The number of hydrogen-bond acceptors (Lipinski definition) is 1. The molecular weight excluding hydrogens is 703 g/mol. The summed E-state index contributed by atoms with van der Waals surface area (Å²) in [5, 5.41) is 9.57. The summed E-state index contributed by atoms with van der Waals surface area (Å²) in [6, 6.07) is 38.3. The van der Waals surface area contributed by atoms with Crippen molar-refractivity contribution in [2.24, 2.45) is 0 Å². The molecule has 0 saturated heterocycles. The Labute approximate surface area is 301 Å². The minimum atomic E-state index is -1.82. The van der Waals surface area contributed by atoms with E-state index in [1.807, 2.05) is 11.3 Å². The minimum absolute atomic E-state index is 0. The Morgan fingerprint density at radius 1 is 0.667 bits per heavy atom. The SMILES string of the molecule is CC1=C2c3cscc3C1[Si]2(c1ccccc1)c1ccccc1.CC1=Cc2c(-c3ccc(C(C)(C)C)cc3)cccc2[CH]1[Zr+2].[Cl-].[Cl-]. The molecule has 225 valence electrons. The third-order valence-corrected chi connectivity index (χ3v) is 17.9. The fourth-order valence-electron chi connectivity index (χ4n) is 7.62. The molecule has 2 atom stereocenters. The summed E-state index contributed by atoms with van der Waals surface area (Å²) in [6.07, 6.45) is 2.38. The van der Waals surface area contributed by atoms with Crippen molar-refractivity contribution in [2.75, 3.05) is 0 Å². The van der Waals surface area contributed by atoms with Gasteiger partial charge in [-0.25, -0.2) is 0 Å². The fourth-order valence-corrected chi connectivity index (χ4v) is 15.5. The van der Waals surface area contributed by atoms with E-state index in [1.54, 1.807) is 57.0 Å². The van der Waals surface area contributed by atoms with Crippen LogP contribution in [0, 0.1) is 0 Å². The molecule has 1 aromatic heterocycles. The van der Waals surface area contributed by atoms with Gasteiger partial charge >= 0.3 is 143 Å². The largest absolute Gasteiger partial charge is 1.00 e. The molecule has 8 rings (SSSR count). The van der Waals surface area contributed by atoms with Crippen LogP contribution in [0.4, 0.5) is 0 Å². The summed E-state index contributed by atoms with van der Waals surface area (Å²) in [4.78, 5) is 0. The van der Waals surface area contributed by atoms with Crippen molar-refractivity contribution in [1.82, 2.24) is 0 Å². The molecule has 0 fully saturated rings. The van der Waals surface area contributed by atoms with Gasteiger partial charge in [0.2, 0.25) is 0 Å². The van der Waals surface area contributed by atoms with Gasteiger partial charge in [0.25, 0.3) is 0 Å². The smallest absolute Gasteiger partial charge is 1.00 e. The van der Waals surface area contributed by atoms with Gasteiger partial charge in [0.15, 0.2) is 8.07 Å². The summed E-state index contributed by atoms with van der Waals surface area (Å²) < 4.78 is 0.640. The molecule has 2 unspecified atom stereocenters. The van der Waals surface area contributed by atoms with Gasteiger partial charge in [0.1, 0.15) is 0 Å². The molecule has 0 nitrogen and oxygen atoms in total. The Kier molecular flexibility index (Phi) is 9.92. The van der Waals surface area contributed by atoms with Crippen LogP contribution in [-0.2, 0) is 30.1 Å². The van der Waals surface area contributed by atoms with E-state index < -0.39 is 8.07 Å². The fraction of sp³-hybridized carbons (Fsp3) is 0.200. The van der Waals surface area contributed by atoms with Crippen molar-refractivity contribution >= 4 is 41.1 Å². The summed E-state index contributed by atoms with van der Waals surface area (Å²) in [5.74, 6) is 0. The van der Waals surface area contributed by atoms with E-state index in [9.17, 15) is 0 Å². The van der Waals surface area contributed by atoms with Gasteiger partial charge in [-0.1, -0.05) is 66.2 Å². The van der Waals surface area contributed by atoms with Crippen molar-refractivity contribution in [3.63, 3.8) is 0 Å². The second-order valence-electron chi connectivity index (χ2n) is 13.2. The Balaban J connectivity index is 0.000000171. The second kappa shape index (κ2) is 13.1.